The second-order valence-corrected chi connectivity index (χ2v) is 6.76. The van der Waals surface area contributed by atoms with Crippen LogP contribution < -0.4 is 9.64 Å². The smallest absolute Gasteiger partial charge is 0.344 e. The molecule has 2 rings (SSSR count). The zero-order valence-corrected chi connectivity index (χ0v) is 19.0. The maximum absolute atomic E-state index is 14.7. The second-order valence-electron chi connectivity index (χ2n) is 6.76. The van der Waals surface area contributed by atoms with Crippen LogP contribution in [-0.4, -0.2) is 31.6 Å². The molecule has 2 aromatic rings. The molecule has 0 saturated heterocycles. The summed E-state index contributed by atoms with van der Waals surface area (Å²) in [6, 6.07) is 6.31. The van der Waals surface area contributed by atoms with Crippen LogP contribution in [0.15, 0.2) is 30.3 Å². The summed E-state index contributed by atoms with van der Waals surface area (Å²) in [5.41, 5.74) is 0.994. The summed E-state index contributed by atoms with van der Waals surface area (Å²) in [5.74, 6) is -2.67. The summed E-state index contributed by atoms with van der Waals surface area (Å²) in [6.07, 6.45) is 1.54. The Balaban J connectivity index is 0.00000480. The number of carbonyl (C=O) groups excluding carboxylic acids is 2. The predicted molar refractivity (Wildman–Crippen MR) is 119 cm³/mol. The molecule has 0 fully saturated rings. The van der Waals surface area contributed by atoms with Crippen LogP contribution in [0.4, 0.5) is 14.5 Å². The maximum Gasteiger partial charge on any atom is 0.344 e. The Morgan fingerprint density at radius 2 is 1.58 bits per heavy atom. The van der Waals surface area contributed by atoms with Gasteiger partial charge in [-0.15, -0.1) is 12.4 Å². The minimum atomic E-state index is -0.751. The van der Waals surface area contributed by atoms with Crippen LogP contribution in [0.5, 0.6) is 5.75 Å². The predicted octanol–water partition coefficient (Wildman–Crippen LogP) is 5.78. The van der Waals surface area contributed by atoms with Gasteiger partial charge in [0.15, 0.2) is 0 Å². The van der Waals surface area contributed by atoms with Gasteiger partial charge in [0.25, 0.3) is 0 Å². The number of hydrogen-bond acceptors (Lipinski definition) is 5. The molecular weight excluding hydrogens is 428 g/mol. The van der Waals surface area contributed by atoms with Crippen LogP contribution >= 0.6 is 12.4 Å². The minimum Gasteiger partial charge on any atom is -0.462 e. The third-order valence-electron chi connectivity index (χ3n) is 4.40. The van der Waals surface area contributed by atoms with E-state index in [1.54, 1.807) is 13.0 Å². The molecule has 0 aromatic heterocycles. The number of halogens is 3. The Morgan fingerprint density at radius 1 is 0.968 bits per heavy atom. The normalized spacial score (nSPS) is 10.3. The summed E-state index contributed by atoms with van der Waals surface area (Å²) in [6.45, 7) is 8.16. The van der Waals surface area contributed by atoms with Crippen LogP contribution in [0.3, 0.4) is 0 Å². The van der Waals surface area contributed by atoms with E-state index in [2.05, 4.69) is 0 Å². The second kappa shape index (κ2) is 12.2. The monoisotopic (exact) mass is 455 g/mol. The van der Waals surface area contributed by atoms with Crippen molar-refractivity contribution in [3.8, 4) is 16.9 Å². The summed E-state index contributed by atoms with van der Waals surface area (Å²) in [4.78, 5) is 26.5. The molecular formula is C23H28ClF2NO4. The number of nitrogens with zero attached hydrogens (tertiary/aromatic N) is 1. The molecule has 0 bridgehead atoms. The Kier molecular flexibility index (Phi) is 10.4. The summed E-state index contributed by atoms with van der Waals surface area (Å²) < 4.78 is 38.7. The fourth-order valence-corrected chi connectivity index (χ4v) is 3.34. The zero-order valence-electron chi connectivity index (χ0n) is 18.2. The summed E-state index contributed by atoms with van der Waals surface area (Å²) >= 11 is 0. The molecule has 8 heteroatoms. The van der Waals surface area contributed by atoms with E-state index >= 15 is 0 Å². The molecule has 170 valence electrons. The SMILES string of the molecule is CCCN(CCC)c1c(-c2ccc(F)cc2F)ccc(OC(C)=O)c1C(=O)OCC.Cl. The molecule has 0 N–H and O–H groups in total. The van der Waals surface area contributed by atoms with Gasteiger partial charge in [0.1, 0.15) is 22.9 Å². The van der Waals surface area contributed by atoms with Gasteiger partial charge in [0.05, 0.1) is 12.3 Å². The number of anilines is 1. The highest BCUT2D eigenvalue weighted by atomic mass is 35.5. The fourth-order valence-electron chi connectivity index (χ4n) is 3.34. The lowest BCUT2D eigenvalue weighted by atomic mass is 9.97. The van der Waals surface area contributed by atoms with Crippen molar-refractivity contribution in [3.63, 3.8) is 0 Å². The molecule has 0 atom stereocenters. The van der Waals surface area contributed by atoms with Gasteiger partial charge in [0.2, 0.25) is 0 Å². The largest absolute Gasteiger partial charge is 0.462 e. The van der Waals surface area contributed by atoms with E-state index in [4.69, 9.17) is 9.47 Å². The quantitative estimate of drug-likeness (QED) is 0.354. The van der Waals surface area contributed by atoms with Crippen molar-refractivity contribution >= 4 is 30.0 Å². The third-order valence-corrected chi connectivity index (χ3v) is 4.40. The Labute approximate surface area is 187 Å². The van der Waals surface area contributed by atoms with Crippen LogP contribution in [0, 0.1) is 11.6 Å². The first-order valence-electron chi connectivity index (χ1n) is 10.1. The number of esters is 2. The van der Waals surface area contributed by atoms with E-state index in [1.807, 2.05) is 18.7 Å². The van der Waals surface area contributed by atoms with E-state index in [-0.39, 0.29) is 35.9 Å². The molecule has 5 nitrogen and oxygen atoms in total. The van der Waals surface area contributed by atoms with Crippen LogP contribution in [0.2, 0.25) is 0 Å². The summed E-state index contributed by atoms with van der Waals surface area (Å²) in [7, 11) is 0. The average Bonchev–Trinajstić information content (AvgIpc) is 2.67. The van der Waals surface area contributed by atoms with Gasteiger partial charge in [-0.3, -0.25) is 4.79 Å². The molecule has 2 aromatic carbocycles. The van der Waals surface area contributed by atoms with E-state index in [9.17, 15) is 18.4 Å². The molecule has 0 aliphatic carbocycles. The highest BCUT2D eigenvalue weighted by molar-refractivity contribution is 6.04. The highest BCUT2D eigenvalue weighted by Gasteiger charge is 2.28. The number of rotatable bonds is 9. The molecule has 0 amide bonds. The van der Waals surface area contributed by atoms with Crippen molar-refractivity contribution in [1.29, 1.82) is 0 Å². The lowest BCUT2D eigenvalue weighted by Gasteiger charge is -2.29. The van der Waals surface area contributed by atoms with Crippen molar-refractivity contribution in [2.24, 2.45) is 0 Å². The molecule has 0 saturated carbocycles. The Hall–Kier alpha value is -2.67. The van der Waals surface area contributed by atoms with E-state index < -0.39 is 23.6 Å². The van der Waals surface area contributed by atoms with Crippen LogP contribution in [-0.2, 0) is 9.53 Å². The fraction of sp³-hybridized carbons (Fsp3) is 0.391. The van der Waals surface area contributed by atoms with Crippen molar-refractivity contribution < 1.29 is 27.8 Å². The van der Waals surface area contributed by atoms with Gasteiger partial charge in [-0.2, -0.15) is 0 Å². The van der Waals surface area contributed by atoms with E-state index in [1.165, 1.54) is 19.1 Å². The van der Waals surface area contributed by atoms with Gasteiger partial charge in [-0.1, -0.05) is 13.8 Å². The molecule has 0 spiro atoms. The van der Waals surface area contributed by atoms with E-state index in [0.717, 1.165) is 25.0 Å². The molecule has 0 heterocycles. The number of benzene rings is 2. The first-order valence-corrected chi connectivity index (χ1v) is 10.1. The standard InChI is InChI=1S/C23H27F2NO4.ClH/c1-5-12-26(13-6-2)22-18(17-9-8-16(24)14-19(17)25)10-11-20(30-15(4)27)21(22)23(28)29-7-3;/h8-11,14H,5-7,12-13H2,1-4H3;1H. The average molecular weight is 456 g/mol. The maximum atomic E-state index is 14.7. The van der Waals surface area contributed by atoms with Crippen molar-refractivity contribution in [1.82, 2.24) is 0 Å². The summed E-state index contributed by atoms with van der Waals surface area (Å²) in [5, 5.41) is 0. The van der Waals surface area contributed by atoms with Crippen molar-refractivity contribution in [2.75, 3.05) is 24.6 Å². The zero-order chi connectivity index (χ0) is 22.3. The molecule has 0 aliphatic heterocycles. The van der Waals surface area contributed by atoms with Crippen molar-refractivity contribution in [2.45, 2.75) is 40.5 Å². The molecule has 0 radical (unpaired) electrons. The van der Waals surface area contributed by atoms with Crippen LogP contribution in [0.1, 0.15) is 50.9 Å². The first kappa shape index (κ1) is 26.4. The van der Waals surface area contributed by atoms with E-state index in [0.29, 0.717) is 24.3 Å². The number of carbonyl (C=O) groups is 2. The molecule has 0 aliphatic rings. The molecule has 31 heavy (non-hydrogen) atoms. The molecule has 0 unspecified atom stereocenters. The van der Waals surface area contributed by atoms with Gasteiger partial charge < -0.3 is 14.4 Å². The highest BCUT2D eigenvalue weighted by Crippen LogP contribution is 2.41. The van der Waals surface area contributed by atoms with Gasteiger partial charge in [0, 0.05) is 37.2 Å². The minimum absolute atomic E-state index is 0. The first-order chi connectivity index (χ1) is 14.3. The lowest BCUT2D eigenvalue weighted by Crippen LogP contribution is -2.28. The third kappa shape index (κ3) is 6.40. The Bertz CT molecular complexity index is 915. The number of ether oxygens (including phenoxy) is 2. The number of hydrogen-bond donors (Lipinski definition) is 0. The van der Waals surface area contributed by atoms with Gasteiger partial charge >= 0.3 is 11.9 Å². The van der Waals surface area contributed by atoms with Crippen LogP contribution in [0.25, 0.3) is 11.1 Å². The topological polar surface area (TPSA) is 55.8 Å². The van der Waals surface area contributed by atoms with Gasteiger partial charge in [-0.25, -0.2) is 13.6 Å². The Morgan fingerprint density at radius 3 is 2.10 bits per heavy atom. The lowest BCUT2D eigenvalue weighted by molar-refractivity contribution is -0.131. The van der Waals surface area contributed by atoms with Gasteiger partial charge in [-0.05, 0) is 44.0 Å². The van der Waals surface area contributed by atoms with Crippen molar-refractivity contribution in [3.05, 3.63) is 47.5 Å².